The molecule has 0 spiro atoms. The van der Waals surface area contributed by atoms with Crippen molar-refractivity contribution in [2.45, 2.75) is 6.10 Å². The molecule has 1 aromatic heterocycles. The molecule has 31 heavy (non-hydrogen) atoms. The summed E-state index contributed by atoms with van der Waals surface area (Å²) in [6.07, 6.45) is -1.21. The van der Waals surface area contributed by atoms with E-state index in [2.05, 4.69) is 20.5 Å². The highest BCUT2D eigenvalue weighted by molar-refractivity contribution is 6.31. The number of hydrogen-bond acceptors (Lipinski definition) is 6. The van der Waals surface area contributed by atoms with E-state index in [4.69, 9.17) is 16.3 Å². The van der Waals surface area contributed by atoms with Crippen LogP contribution in [0.4, 0.5) is 5.69 Å². The van der Waals surface area contributed by atoms with E-state index in [0.29, 0.717) is 33.1 Å². The summed E-state index contributed by atoms with van der Waals surface area (Å²) in [5.74, 6) is 0.649. The van der Waals surface area contributed by atoms with Crippen molar-refractivity contribution < 1.29 is 9.84 Å². The first-order valence-electron chi connectivity index (χ1n) is 9.46. The lowest BCUT2D eigenvalue weighted by molar-refractivity contribution is 0.247. The van der Waals surface area contributed by atoms with Crippen molar-refractivity contribution in [3.8, 4) is 5.75 Å². The number of halogens is 1. The number of hydrogen-bond donors (Lipinski definition) is 3. The molecule has 0 unspecified atom stereocenters. The van der Waals surface area contributed by atoms with Crippen LogP contribution in [0.5, 0.6) is 5.75 Å². The molecule has 0 amide bonds. The Morgan fingerprint density at radius 1 is 1.13 bits per heavy atom. The quantitative estimate of drug-likeness (QED) is 0.313. The van der Waals surface area contributed by atoms with E-state index < -0.39 is 11.7 Å². The number of aliphatic hydroxyl groups excluding tert-OH is 1. The average molecular weight is 435 g/mol. The molecule has 7 nitrogen and oxygen atoms in total. The fraction of sp³-hybridized carbons (Fsp3) is 0.0870. The second kappa shape index (κ2) is 8.99. The van der Waals surface area contributed by atoms with E-state index in [9.17, 15) is 9.90 Å². The van der Waals surface area contributed by atoms with Gasteiger partial charge in [0.1, 0.15) is 17.6 Å². The van der Waals surface area contributed by atoms with Crippen LogP contribution in [0.1, 0.15) is 17.4 Å². The largest absolute Gasteiger partial charge is 0.497 e. The number of fused-ring (bicyclic) bond motifs is 1. The fourth-order valence-corrected chi connectivity index (χ4v) is 3.23. The van der Waals surface area contributed by atoms with Crippen molar-refractivity contribution in [2.24, 2.45) is 5.10 Å². The number of aromatic amines is 1. The lowest BCUT2D eigenvalue weighted by Gasteiger charge is -2.15. The van der Waals surface area contributed by atoms with Gasteiger partial charge in [0.2, 0.25) is 0 Å². The lowest BCUT2D eigenvalue weighted by Crippen LogP contribution is -2.26. The molecule has 4 aromatic rings. The third kappa shape index (κ3) is 4.58. The molecule has 0 aliphatic heterocycles. The molecule has 0 radical (unpaired) electrons. The van der Waals surface area contributed by atoms with E-state index in [1.54, 1.807) is 49.6 Å². The number of nitrogens with zero attached hydrogens (tertiary/aromatic N) is 2. The number of methoxy groups -OCH3 is 1. The number of para-hydroxylation sites is 1. The Bertz CT molecular complexity index is 1290. The van der Waals surface area contributed by atoms with Crippen molar-refractivity contribution in [1.29, 1.82) is 0 Å². The number of H-pyrrole nitrogens is 1. The number of anilines is 1. The second-order valence-corrected chi connectivity index (χ2v) is 7.16. The zero-order valence-corrected chi connectivity index (χ0v) is 17.3. The van der Waals surface area contributed by atoms with Gasteiger partial charge in [0.25, 0.3) is 5.56 Å². The first kappa shape index (κ1) is 20.6. The van der Waals surface area contributed by atoms with Gasteiger partial charge < -0.3 is 14.8 Å². The SMILES string of the molecule is COc1ccc([C@@H](O)/C(=N/Nc2ccccc2)c2nc3ccc(Cl)cc3[nH]c2=O)cc1. The van der Waals surface area contributed by atoms with Crippen LogP contribution >= 0.6 is 11.6 Å². The van der Waals surface area contributed by atoms with Crippen LogP contribution in [0.25, 0.3) is 11.0 Å². The molecule has 3 N–H and O–H groups in total. The number of aromatic nitrogens is 2. The van der Waals surface area contributed by atoms with Crippen molar-refractivity contribution in [1.82, 2.24) is 9.97 Å². The number of nitrogens with one attached hydrogen (secondary N) is 2. The Hall–Kier alpha value is -3.68. The predicted molar refractivity (Wildman–Crippen MR) is 122 cm³/mol. The van der Waals surface area contributed by atoms with Gasteiger partial charge in [0.15, 0.2) is 5.69 Å². The minimum atomic E-state index is -1.21. The Morgan fingerprint density at radius 2 is 1.87 bits per heavy atom. The molecule has 0 fully saturated rings. The van der Waals surface area contributed by atoms with Crippen LogP contribution < -0.4 is 15.7 Å². The average Bonchev–Trinajstić information content (AvgIpc) is 2.80. The maximum absolute atomic E-state index is 12.8. The first-order chi connectivity index (χ1) is 15.0. The van der Waals surface area contributed by atoms with Gasteiger partial charge in [-0.2, -0.15) is 5.10 Å². The van der Waals surface area contributed by atoms with Gasteiger partial charge >= 0.3 is 0 Å². The zero-order valence-electron chi connectivity index (χ0n) is 16.5. The maximum atomic E-state index is 12.8. The fourth-order valence-electron chi connectivity index (χ4n) is 3.06. The van der Waals surface area contributed by atoms with Gasteiger partial charge in [-0.05, 0) is 48.0 Å². The van der Waals surface area contributed by atoms with Gasteiger partial charge in [0.05, 0.1) is 23.8 Å². The molecule has 0 aliphatic rings. The Labute approximate surface area is 183 Å². The van der Waals surface area contributed by atoms with Gasteiger partial charge in [-0.3, -0.25) is 10.2 Å². The molecule has 1 atom stereocenters. The third-order valence-electron chi connectivity index (χ3n) is 4.67. The first-order valence-corrected chi connectivity index (χ1v) is 9.83. The molecule has 8 heteroatoms. The molecule has 4 rings (SSSR count). The van der Waals surface area contributed by atoms with Crippen molar-refractivity contribution in [3.05, 3.63) is 99.4 Å². The molecule has 1 heterocycles. The van der Waals surface area contributed by atoms with Gasteiger partial charge in [-0.15, -0.1) is 0 Å². The topological polar surface area (TPSA) is 99.6 Å². The van der Waals surface area contributed by atoms with E-state index in [1.165, 1.54) is 0 Å². The van der Waals surface area contributed by atoms with Crippen molar-refractivity contribution >= 4 is 34.0 Å². The molecule has 0 bridgehead atoms. The highest BCUT2D eigenvalue weighted by Crippen LogP contribution is 2.22. The zero-order chi connectivity index (χ0) is 21.8. The molecular formula is C23H19ClN4O3. The molecule has 156 valence electrons. The number of aliphatic hydroxyl groups is 1. The molecule has 3 aromatic carbocycles. The smallest absolute Gasteiger partial charge is 0.276 e. The second-order valence-electron chi connectivity index (χ2n) is 6.73. The Morgan fingerprint density at radius 3 is 2.58 bits per heavy atom. The summed E-state index contributed by atoms with van der Waals surface area (Å²) in [7, 11) is 1.56. The Balaban J connectivity index is 1.81. The molecule has 0 saturated heterocycles. The normalized spacial score (nSPS) is 12.5. The molecule has 0 saturated carbocycles. The predicted octanol–water partition coefficient (Wildman–Crippen LogP) is 4.13. The van der Waals surface area contributed by atoms with Crippen LogP contribution in [0, 0.1) is 0 Å². The number of benzene rings is 3. The minimum Gasteiger partial charge on any atom is -0.497 e. The van der Waals surface area contributed by atoms with E-state index >= 15 is 0 Å². The van der Waals surface area contributed by atoms with Crippen LogP contribution in [0.15, 0.2) is 82.7 Å². The summed E-state index contributed by atoms with van der Waals surface area (Å²) in [5.41, 5.74) is 4.73. The number of ether oxygens (including phenoxy) is 1. The summed E-state index contributed by atoms with van der Waals surface area (Å²) >= 11 is 6.01. The minimum absolute atomic E-state index is 0.00146. The highest BCUT2D eigenvalue weighted by Gasteiger charge is 2.23. The highest BCUT2D eigenvalue weighted by atomic mass is 35.5. The summed E-state index contributed by atoms with van der Waals surface area (Å²) in [5, 5.41) is 15.9. The van der Waals surface area contributed by atoms with E-state index in [-0.39, 0.29) is 11.4 Å². The van der Waals surface area contributed by atoms with Crippen LogP contribution in [-0.2, 0) is 0 Å². The van der Waals surface area contributed by atoms with Crippen molar-refractivity contribution in [2.75, 3.05) is 12.5 Å². The van der Waals surface area contributed by atoms with Gasteiger partial charge in [-0.25, -0.2) is 4.98 Å². The molecule has 0 aliphatic carbocycles. The number of rotatable bonds is 6. The summed E-state index contributed by atoms with van der Waals surface area (Å²) in [6, 6.07) is 21.1. The lowest BCUT2D eigenvalue weighted by atomic mass is 10.0. The van der Waals surface area contributed by atoms with Gasteiger partial charge in [-0.1, -0.05) is 41.9 Å². The van der Waals surface area contributed by atoms with Crippen molar-refractivity contribution in [3.63, 3.8) is 0 Å². The summed E-state index contributed by atoms with van der Waals surface area (Å²) < 4.78 is 5.17. The van der Waals surface area contributed by atoms with E-state index in [1.807, 2.05) is 30.3 Å². The number of hydrazone groups is 1. The third-order valence-corrected chi connectivity index (χ3v) is 4.90. The van der Waals surface area contributed by atoms with Gasteiger partial charge in [0, 0.05) is 5.02 Å². The monoisotopic (exact) mass is 434 g/mol. The Kier molecular flexibility index (Phi) is 5.97. The standard InChI is InChI=1S/C23H19ClN4O3/c1-31-17-10-7-14(8-11-17)22(29)20(28-27-16-5-3-2-4-6-16)21-23(30)26-19-13-15(24)9-12-18(19)25-21/h2-13,22,27,29H,1H3,(H,26,30)/b28-20+/t22-/m1/s1. The van der Waals surface area contributed by atoms with Crippen LogP contribution in [0.3, 0.4) is 0 Å². The van der Waals surface area contributed by atoms with Crippen LogP contribution in [0.2, 0.25) is 5.02 Å². The molecular weight excluding hydrogens is 416 g/mol. The summed E-state index contributed by atoms with van der Waals surface area (Å²) in [6.45, 7) is 0. The maximum Gasteiger partial charge on any atom is 0.276 e. The van der Waals surface area contributed by atoms with E-state index in [0.717, 1.165) is 0 Å². The van der Waals surface area contributed by atoms with Crippen LogP contribution in [-0.4, -0.2) is 27.9 Å². The summed E-state index contributed by atoms with van der Waals surface area (Å²) in [4.78, 5) is 20.0.